The first-order valence-electron chi connectivity index (χ1n) is 3.62. The zero-order valence-corrected chi connectivity index (χ0v) is 7.43. The minimum absolute atomic E-state index is 0.0470. The Morgan fingerprint density at radius 3 is 2.69 bits per heavy atom. The summed E-state index contributed by atoms with van der Waals surface area (Å²) in [6.45, 7) is -0.110. The van der Waals surface area contributed by atoms with Crippen LogP contribution in [0, 0.1) is 0 Å². The van der Waals surface area contributed by atoms with Gasteiger partial charge < -0.3 is 5.73 Å². The third kappa shape index (κ3) is 2.57. The van der Waals surface area contributed by atoms with E-state index >= 15 is 0 Å². The van der Waals surface area contributed by atoms with E-state index in [0.29, 0.717) is 0 Å². The molecule has 0 unspecified atom stereocenters. The van der Waals surface area contributed by atoms with Gasteiger partial charge in [0.1, 0.15) is 10.8 Å². The molecule has 1 rings (SSSR count). The van der Waals surface area contributed by atoms with Crippen molar-refractivity contribution in [1.29, 1.82) is 0 Å². The van der Waals surface area contributed by atoms with Crippen molar-refractivity contribution in [1.82, 2.24) is 9.97 Å². The summed E-state index contributed by atoms with van der Waals surface area (Å²) < 4.78 is 26.2. The maximum absolute atomic E-state index is 13.1. The highest BCUT2D eigenvalue weighted by Crippen LogP contribution is 2.29. The van der Waals surface area contributed by atoms with Crippen LogP contribution < -0.4 is 5.73 Å². The van der Waals surface area contributed by atoms with Gasteiger partial charge in [-0.3, -0.25) is 4.98 Å². The average Bonchev–Trinajstić information content (AvgIpc) is 2.04. The summed E-state index contributed by atoms with van der Waals surface area (Å²) in [6.07, 6.45) is 1.73. The topological polar surface area (TPSA) is 51.8 Å². The van der Waals surface area contributed by atoms with Crippen molar-refractivity contribution < 1.29 is 8.78 Å². The van der Waals surface area contributed by atoms with Crippen LogP contribution in [-0.2, 0) is 5.92 Å². The molecule has 0 atom stereocenters. The molecular formula is C7H8ClF2N3. The molecule has 0 spiro atoms. The van der Waals surface area contributed by atoms with Gasteiger partial charge >= 0.3 is 0 Å². The van der Waals surface area contributed by atoms with E-state index in [4.69, 9.17) is 17.3 Å². The minimum Gasteiger partial charge on any atom is -0.330 e. The molecule has 0 aromatic carbocycles. The number of halogens is 3. The molecule has 1 aromatic heterocycles. The van der Waals surface area contributed by atoms with Gasteiger partial charge in [-0.15, -0.1) is 0 Å². The SMILES string of the molecule is NCCC(F)(F)c1cncc(Cl)n1. The minimum atomic E-state index is -3.05. The molecule has 0 saturated heterocycles. The zero-order valence-electron chi connectivity index (χ0n) is 6.67. The number of nitrogens with two attached hydrogens (primary N) is 1. The molecular weight excluding hydrogens is 200 g/mol. The largest absolute Gasteiger partial charge is 0.330 e. The van der Waals surface area contributed by atoms with Crippen molar-refractivity contribution in [3.8, 4) is 0 Å². The highest BCUT2D eigenvalue weighted by atomic mass is 35.5. The zero-order chi connectivity index (χ0) is 9.90. The van der Waals surface area contributed by atoms with Gasteiger partial charge in [0, 0.05) is 6.42 Å². The normalized spacial score (nSPS) is 11.7. The summed E-state index contributed by atoms with van der Waals surface area (Å²) in [6, 6.07) is 0. The fraction of sp³-hybridized carbons (Fsp3) is 0.429. The van der Waals surface area contributed by atoms with Gasteiger partial charge in [0.05, 0.1) is 12.4 Å². The van der Waals surface area contributed by atoms with E-state index < -0.39 is 18.0 Å². The van der Waals surface area contributed by atoms with Crippen LogP contribution in [0.4, 0.5) is 8.78 Å². The number of hydrogen-bond acceptors (Lipinski definition) is 3. The Kier molecular flexibility index (Phi) is 3.11. The number of alkyl halides is 2. The van der Waals surface area contributed by atoms with Crippen molar-refractivity contribution in [2.45, 2.75) is 12.3 Å². The van der Waals surface area contributed by atoms with E-state index in [-0.39, 0.29) is 11.7 Å². The van der Waals surface area contributed by atoms with Crippen LogP contribution in [0.3, 0.4) is 0 Å². The van der Waals surface area contributed by atoms with Gasteiger partial charge in [-0.25, -0.2) is 4.98 Å². The third-order valence-corrected chi connectivity index (χ3v) is 1.62. The first-order chi connectivity index (χ1) is 6.06. The molecule has 0 amide bonds. The lowest BCUT2D eigenvalue weighted by Crippen LogP contribution is -2.20. The number of aromatic nitrogens is 2. The first-order valence-corrected chi connectivity index (χ1v) is 4.00. The summed E-state index contributed by atoms with van der Waals surface area (Å²) in [4.78, 5) is 6.98. The number of nitrogens with zero attached hydrogens (tertiary/aromatic N) is 2. The van der Waals surface area contributed by atoms with Crippen molar-refractivity contribution in [3.05, 3.63) is 23.2 Å². The highest BCUT2D eigenvalue weighted by Gasteiger charge is 2.32. The molecule has 3 nitrogen and oxygen atoms in total. The summed E-state index contributed by atoms with van der Waals surface area (Å²) in [7, 11) is 0. The Bertz CT molecular complexity index is 293. The smallest absolute Gasteiger partial charge is 0.292 e. The quantitative estimate of drug-likeness (QED) is 0.819. The molecule has 0 fully saturated rings. The maximum atomic E-state index is 13.1. The lowest BCUT2D eigenvalue weighted by Gasteiger charge is -2.13. The average molecular weight is 208 g/mol. The number of rotatable bonds is 3. The third-order valence-electron chi connectivity index (χ3n) is 1.44. The molecule has 1 aromatic rings. The van der Waals surface area contributed by atoms with Crippen LogP contribution >= 0.6 is 11.6 Å². The van der Waals surface area contributed by atoms with Gasteiger partial charge in [0.25, 0.3) is 5.92 Å². The fourth-order valence-corrected chi connectivity index (χ4v) is 0.975. The van der Waals surface area contributed by atoms with Crippen LogP contribution in [-0.4, -0.2) is 16.5 Å². The van der Waals surface area contributed by atoms with E-state index in [1.807, 2.05) is 0 Å². The monoisotopic (exact) mass is 207 g/mol. The summed E-state index contributed by atoms with van der Waals surface area (Å²) in [5, 5.41) is -0.0470. The van der Waals surface area contributed by atoms with Crippen molar-refractivity contribution in [2.75, 3.05) is 6.54 Å². The standard InChI is InChI=1S/C7H8ClF2N3/c8-6-4-12-3-5(13-6)7(9,10)1-2-11/h3-4H,1-2,11H2. The summed E-state index contributed by atoms with van der Waals surface area (Å²) >= 11 is 5.41. The van der Waals surface area contributed by atoms with E-state index in [1.54, 1.807) is 0 Å². The predicted octanol–water partition coefficient (Wildman–Crippen LogP) is 1.57. The second-order valence-corrected chi connectivity index (χ2v) is 2.86. The molecule has 0 aliphatic rings. The van der Waals surface area contributed by atoms with Crippen LogP contribution in [0.5, 0.6) is 0 Å². The number of hydrogen-bond donors (Lipinski definition) is 1. The molecule has 1 heterocycles. The molecule has 2 N–H and O–H groups in total. The fourth-order valence-electron chi connectivity index (χ4n) is 0.828. The molecule has 0 saturated carbocycles. The first kappa shape index (κ1) is 10.3. The van der Waals surface area contributed by atoms with Gasteiger partial charge in [0.2, 0.25) is 0 Å². The van der Waals surface area contributed by atoms with E-state index in [2.05, 4.69) is 9.97 Å². The van der Waals surface area contributed by atoms with Gasteiger partial charge in [-0.1, -0.05) is 11.6 Å². The molecule has 72 valence electrons. The van der Waals surface area contributed by atoms with Crippen LogP contribution in [0.25, 0.3) is 0 Å². The predicted molar refractivity (Wildman–Crippen MR) is 44.6 cm³/mol. The molecule has 0 aliphatic heterocycles. The van der Waals surface area contributed by atoms with Crippen molar-refractivity contribution >= 4 is 11.6 Å². The Morgan fingerprint density at radius 2 is 2.15 bits per heavy atom. The summed E-state index contributed by atoms with van der Waals surface area (Å²) in [5.74, 6) is -3.05. The Balaban J connectivity index is 2.93. The van der Waals surface area contributed by atoms with Crippen LogP contribution in [0.1, 0.15) is 12.1 Å². The lowest BCUT2D eigenvalue weighted by molar-refractivity contribution is -0.0155. The second kappa shape index (κ2) is 3.93. The molecule has 0 bridgehead atoms. The molecule has 0 radical (unpaired) electrons. The van der Waals surface area contributed by atoms with E-state index in [0.717, 1.165) is 6.20 Å². The van der Waals surface area contributed by atoms with E-state index in [1.165, 1.54) is 6.20 Å². The van der Waals surface area contributed by atoms with Crippen molar-refractivity contribution in [2.24, 2.45) is 5.73 Å². The van der Waals surface area contributed by atoms with Crippen LogP contribution in [0.15, 0.2) is 12.4 Å². The molecule has 6 heteroatoms. The van der Waals surface area contributed by atoms with Crippen LogP contribution in [0.2, 0.25) is 5.15 Å². The van der Waals surface area contributed by atoms with Gasteiger partial charge in [-0.05, 0) is 6.54 Å². The maximum Gasteiger partial charge on any atom is 0.292 e. The Labute approximate surface area is 78.9 Å². The Morgan fingerprint density at radius 1 is 1.46 bits per heavy atom. The molecule has 0 aliphatic carbocycles. The molecule has 13 heavy (non-hydrogen) atoms. The second-order valence-electron chi connectivity index (χ2n) is 2.47. The van der Waals surface area contributed by atoms with Gasteiger partial charge in [0.15, 0.2) is 0 Å². The van der Waals surface area contributed by atoms with Gasteiger partial charge in [-0.2, -0.15) is 8.78 Å². The Hall–Kier alpha value is -0.810. The summed E-state index contributed by atoms with van der Waals surface area (Å²) in [5.41, 5.74) is 4.59. The van der Waals surface area contributed by atoms with E-state index in [9.17, 15) is 8.78 Å². The highest BCUT2D eigenvalue weighted by molar-refractivity contribution is 6.29. The van der Waals surface area contributed by atoms with Crippen molar-refractivity contribution in [3.63, 3.8) is 0 Å². The lowest BCUT2D eigenvalue weighted by atomic mass is 10.2.